The Kier molecular flexibility index (Phi) is 5.46. The van der Waals surface area contributed by atoms with Gasteiger partial charge >= 0.3 is 5.69 Å². The van der Waals surface area contributed by atoms with E-state index in [0.29, 0.717) is 10.9 Å². The number of carbonyl (C=O) groups excluding carboxylic acids is 1. The van der Waals surface area contributed by atoms with Crippen molar-refractivity contribution >= 4 is 28.7 Å². The third-order valence-electron chi connectivity index (χ3n) is 5.37. The number of hydrogen-bond donors (Lipinski definition) is 0. The van der Waals surface area contributed by atoms with E-state index in [0.717, 1.165) is 41.6 Å². The Hall–Kier alpha value is -2.94. The predicted molar refractivity (Wildman–Crippen MR) is 117 cm³/mol. The minimum Gasteiger partial charge on any atom is -0.342 e. The van der Waals surface area contributed by atoms with E-state index in [1.54, 1.807) is 7.05 Å². The van der Waals surface area contributed by atoms with Gasteiger partial charge in [0.2, 0.25) is 5.91 Å². The average molecular weight is 426 g/mol. The number of carbonyl (C=O) groups is 1. The van der Waals surface area contributed by atoms with Crippen LogP contribution >= 0.6 is 11.8 Å². The minimum absolute atomic E-state index is 0.0304. The van der Waals surface area contributed by atoms with Crippen LogP contribution in [0.4, 0.5) is 0 Å². The quantitative estimate of drug-likeness (QED) is 0.467. The first kappa shape index (κ1) is 20.3. The standard InChI is InChI=1S/C21H23N5O3S/c1-13-6-8-14(9-7-13)17-22-18-16(20(28)25(3)21(29)24(18)2)19(23-17)30-12-15(27)26-10-4-5-11-26/h6-9H,4-5,10-12H2,1-3H3. The molecule has 1 aliphatic heterocycles. The largest absolute Gasteiger partial charge is 0.342 e. The summed E-state index contributed by atoms with van der Waals surface area (Å²) < 4.78 is 2.39. The molecule has 156 valence electrons. The van der Waals surface area contributed by atoms with Gasteiger partial charge < -0.3 is 4.90 Å². The molecule has 2 aromatic heterocycles. The normalized spacial score (nSPS) is 13.9. The highest BCUT2D eigenvalue weighted by Crippen LogP contribution is 2.26. The number of benzene rings is 1. The summed E-state index contributed by atoms with van der Waals surface area (Å²) in [5.41, 5.74) is 1.24. The molecule has 0 unspecified atom stereocenters. The lowest BCUT2D eigenvalue weighted by atomic mass is 10.1. The van der Waals surface area contributed by atoms with Crippen molar-refractivity contribution in [2.75, 3.05) is 18.8 Å². The van der Waals surface area contributed by atoms with Gasteiger partial charge in [0.1, 0.15) is 10.4 Å². The molecule has 1 amide bonds. The first-order valence-electron chi connectivity index (χ1n) is 9.82. The van der Waals surface area contributed by atoms with Gasteiger partial charge in [-0.25, -0.2) is 14.8 Å². The fraction of sp³-hybridized carbons (Fsp3) is 0.381. The maximum Gasteiger partial charge on any atom is 0.332 e. The first-order chi connectivity index (χ1) is 14.4. The Morgan fingerprint density at radius 1 is 1.03 bits per heavy atom. The molecule has 1 aromatic carbocycles. The fourth-order valence-corrected chi connectivity index (χ4v) is 4.47. The van der Waals surface area contributed by atoms with Crippen LogP contribution in [0.25, 0.3) is 22.4 Å². The molecular formula is C21H23N5O3S. The van der Waals surface area contributed by atoms with Crippen LogP contribution in [0.15, 0.2) is 38.9 Å². The zero-order valence-corrected chi connectivity index (χ0v) is 18.0. The van der Waals surface area contributed by atoms with Crippen molar-refractivity contribution in [1.29, 1.82) is 0 Å². The summed E-state index contributed by atoms with van der Waals surface area (Å²) in [7, 11) is 3.02. The van der Waals surface area contributed by atoms with Crippen molar-refractivity contribution in [3.8, 4) is 11.4 Å². The van der Waals surface area contributed by atoms with Gasteiger partial charge in [0.05, 0.1) is 5.75 Å². The van der Waals surface area contributed by atoms with Crippen LogP contribution in [0, 0.1) is 6.92 Å². The molecule has 8 nitrogen and oxygen atoms in total. The predicted octanol–water partition coefficient (Wildman–Crippen LogP) is 1.72. The van der Waals surface area contributed by atoms with E-state index in [1.165, 1.54) is 23.4 Å². The van der Waals surface area contributed by atoms with Crippen LogP contribution in [-0.4, -0.2) is 48.8 Å². The van der Waals surface area contributed by atoms with Gasteiger partial charge in [0.15, 0.2) is 11.5 Å². The summed E-state index contributed by atoms with van der Waals surface area (Å²) >= 11 is 1.22. The molecule has 0 atom stereocenters. The zero-order valence-electron chi connectivity index (χ0n) is 17.2. The number of hydrogen-bond acceptors (Lipinski definition) is 6. The van der Waals surface area contributed by atoms with Crippen molar-refractivity contribution in [3.05, 3.63) is 50.7 Å². The molecule has 0 aliphatic carbocycles. The number of amides is 1. The molecule has 0 bridgehead atoms. The van der Waals surface area contributed by atoms with Crippen LogP contribution in [0.1, 0.15) is 18.4 Å². The molecule has 0 spiro atoms. The number of nitrogens with zero attached hydrogens (tertiary/aromatic N) is 5. The topological polar surface area (TPSA) is 90.1 Å². The lowest BCUT2D eigenvalue weighted by Gasteiger charge is -2.15. The molecule has 4 rings (SSSR count). The molecule has 3 aromatic rings. The number of aromatic nitrogens is 4. The maximum atomic E-state index is 12.9. The Bertz CT molecular complexity index is 1240. The number of thioether (sulfide) groups is 1. The lowest BCUT2D eigenvalue weighted by Crippen LogP contribution is -2.37. The first-order valence-corrected chi connectivity index (χ1v) is 10.8. The lowest BCUT2D eigenvalue weighted by molar-refractivity contribution is -0.127. The van der Waals surface area contributed by atoms with Gasteiger partial charge in [0.25, 0.3) is 5.56 Å². The van der Waals surface area contributed by atoms with Crippen LogP contribution in [0.2, 0.25) is 0 Å². The van der Waals surface area contributed by atoms with Gasteiger partial charge in [-0.3, -0.25) is 18.7 Å². The van der Waals surface area contributed by atoms with E-state index in [-0.39, 0.29) is 22.7 Å². The van der Waals surface area contributed by atoms with Crippen molar-refractivity contribution in [1.82, 2.24) is 24.0 Å². The third-order valence-corrected chi connectivity index (χ3v) is 6.33. The van der Waals surface area contributed by atoms with E-state index < -0.39 is 11.2 Å². The van der Waals surface area contributed by atoms with Crippen LogP contribution in [0.5, 0.6) is 0 Å². The van der Waals surface area contributed by atoms with Gasteiger partial charge in [0, 0.05) is 32.7 Å². The third kappa shape index (κ3) is 3.65. The van der Waals surface area contributed by atoms with E-state index in [4.69, 9.17) is 0 Å². The summed E-state index contributed by atoms with van der Waals surface area (Å²) in [4.78, 5) is 48.9. The molecule has 1 saturated heterocycles. The molecule has 30 heavy (non-hydrogen) atoms. The molecule has 1 aliphatic rings. The van der Waals surface area contributed by atoms with Crippen molar-refractivity contribution in [3.63, 3.8) is 0 Å². The summed E-state index contributed by atoms with van der Waals surface area (Å²) in [6.45, 7) is 3.54. The van der Waals surface area contributed by atoms with E-state index in [2.05, 4.69) is 9.97 Å². The Morgan fingerprint density at radius 3 is 2.37 bits per heavy atom. The molecule has 0 saturated carbocycles. The molecule has 9 heteroatoms. The van der Waals surface area contributed by atoms with Crippen LogP contribution in [0.3, 0.4) is 0 Å². The second-order valence-electron chi connectivity index (χ2n) is 7.50. The van der Waals surface area contributed by atoms with Gasteiger partial charge in [-0.15, -0.1) is 0 Å². The summed E-state index contributed by atoms with van der Waals surface area (Å²) in [5.74, 6) is 0.635. The van der Waals surface area contributed by atoms with Crippen molar-refractivity contribution < 1.29 is 4.79 Å². The minimum atomic E-state index is -0.459. The molecule has 1 fully saturated rings. The molecule has 3 heterocycles. The zero-order chi connectivity index (χ0) is 21.4. The molecule has 0 radical (unpaired) electrons. The highest BCUT2D eigenvalue weighted by molar-refractivity contribution is 8.00. The van der Waals surface area contributed by atoms with Gasteiger partial charge in [-0.05, 0) is 19.8 Å². The number of aryl methyl sites for hydroxylation is 2. The van der Waals surface area contributed by atoms with Gasteiger partial charge in [-0.2, -0.15) is 0 Å². The molecule has 0 N–H and O–H groups in total. The summed E-state index contributed by atoms with van der Waals surface area (Å²) in [5, 5.41) is 0.675. The summed E-state index contributed by atoms with van der Waals surface area (Å²) in [6.07, 6.45) is 2.04. The summed E-state index contributed by atoms with van der Waals surface area (Å²) in [6, 6.07) is 7.71. The number of rotatable bonds is 4. The van der Waals surface area contributed by atoms with Crippen molar-refractivity contribution in [2.45, 2.75) is 24.8 Å². The highest BCUT2D eigenvalue weighted by atomic mass is 32.2. The van der Waals surface area contributed by atoms with Gasteiger partial charge in [-0.1, -0.05) is 41.6 Å². The number of fused-ring (bicyclic) bond motifs is 1. The second-order valence-corrected chi connectivity index (χ2v) is 8.46. The van der Waals surface area contributed by atoms with E-state index >= 15 is 0 Å². The highest BCUT2D eigenvalue weighted by Gasteiger charge is 2.22. The van der Waals surface area contributed by atoms with Crippen molar-refractivity contribution in [2.24, 2.45) is 14.1 Å². The fourth-order valence-electron chi connectivity index (χ4n) is 3.55. The maximum absolute atomic E-state index is 12.9. The van der Waals surface area contributed by atoms with E-state index in [1.807, 2.05) is 36.1 Å². The number of likely N-dealkylation sites (tertiary alicyclic amines) is 1. The van der Waals surface area contributed by atoms with Crippen LogP contribution in [-0.2, 0) is 18.9 Å². The second kappa shape index (κ2) is 8.06. The average Bonchev–Trinajstić information content (AvgIpc) is 3.29. The smallest absolute Gasteiger partial charge is 0.332 e. The molecular weight excluding hydrogens is 402 g/mol. The SMILES string of the molecule is Cc1ccc(-c2nc(SCC(=O)N3CCCC3)c3c(=O)n(C)c(=O)n(C)c3n2)cc1. The van der Waals surface area contributed by atoms with Crippen LogP contribution < -0.4 is 11.2 Å². The monoisotopic (exact) mass is 425 g/mol. The van der Waals surface area contributed by atoms with E-state index in [9.17, 15) is 14.4 Å². The Morgan fingerprint density at radius 2 is 1.70 bits per heavy atom. The Balaban J connectivity index is 1.84. The Labute approximate surface area is 177 Å².